The first-order chi connectivity index (χ1) is 10.5. The van der Waals surface area contributed by atoms with Crippen molar-refractivity contribution in [2.45, 2.75) is 13.0 Å². The maximum atomic E-state index is 12.7. The lowest BCUT2D eigenvalue weighted by molar-refractivity contribution is -0.128. The molecule has 1 saturated heterocycles. The fourth-order valence-corrected chi connectivity index (χ4v) is 2.52. The smallest absolute Gasteiger partial charge is 0.253 e. The van der Waals surface area contributed by atoms with Crippen LogP contribution in [0.4, 0.5) is 0 Å². The third-order valence-electron chi connectivity index (χ3n) is 3.77. The van der Waals surface area contributed by atoms with E-state index >= 15 is 0 Å². The van der Waals surface area contributed by atoms with Crippen LogP contribution < -0.4 is 16.8 Å². The van der Waals surface area contributed by atoms with Crippen molar-refractivity contribution in [1.82, 2.24) is 10.2 Å². The third kappa shape index (κ3) is 3.45. The van der Waals surface area contributed by atoms with Crippen LogP contribution in [0.15, 0.2) is 35.5 Å². The molecule has 1 heterocycles. The summed E-state index contributed by atoms with van der Waals surface area (Å²) in [4.78, 5) is 14.5. The summed E-state index contributed by atoms with van der Waals surface area (Å²) in [6, 6.07) is 8.36. The fourth-order valence-electron chi connectivity index (χ4n) is 2.52. The highest BCUT2D eigenvalue weighted by molar-refractivity contribution is 5.95. The number of amides is 1. The minimum atomic E-state index is -0.597. The Morgan fingerprint density at radius 3 is 2.41 bits per heavy atom. The molecule has 1 amide bonds. The van der Waals surface area contributed by atoms with Crippen LogP contribution in [0.25, 0.3) is 0 Å². The first-order valence-electron chi connectivity index (χ1n) is 7.26. The average Bonchev–Trinajstić information content (AvgIpc) is 2.55. The lowest BCUT2D eigenvalue weighted by atomic mass is 9.96. The van der Waals surface area contributed by atoms with E-state index in [2.05, 4.69) is 11.4 Å². The van der Waals surface area contributed by atoms with Gasteiger partial charge >= 0.3 is 0 Å². The summed E-state index contributed by atoms with van der Waals surface area (Å²) < 4.78 is 0. The number of carbonyl (C=O) groups excluding carboxylic acids is 1. The Labute approximate surface area is 130 Å². The van der Waals surface area contributed by atoms with Gasteiger partial charge in [-0.3, -0.25) is 4.79 Å². The zero-order valence-electron chi connectivity index (χ0n) is 12.7. The highest BCUT2D eigenvalue weighted by atomic mass is 16.2. The summed E-state index contributed by atoms with van der Waals surface area (Å²) in [5.41, 5.74) is 14.4. The summed E-state index contributed by atoms with van der Waals surface area (Å²) in [6.45, 7) is 4.54. The van der Waals surface area contributed by atoms with Gasteiger partial charge in [0.1, 0.15) is 0 Å². The third-order valence-corrected chi connectivity index (χ3v) is 3.77. The number of nitrogens with one attached hydrogen (secondary N) is 1. The van der Waals surface area contributed by atoms with Gasteiger partial charge < -0.3 is 21.7 Å². The highest BCUT2D eigenvalue weighted by Gasteiger charge is 2.26. The largest absolute Gasteiger partial charge is 0.402 e. The fraction of sp³-hybridized carbons (Fsp3) is 0.375. The predicted octanol–water partition coefficient (Wildman–Crippen LogP) is 0.223. The Morgan fingerprint density at radius 2 is 1.91 bits per heavy atom. The molecular weight excluding hydrogens is 278 g/mol. The van der Waals surface area contributed by atoms with Crippen LogP contribution in [0.3, 0.4) is 0 Å². The van der Waals surface area contributed by atoms with E-state index < -0.39 is 6.04 Å². The van der Waals surface area contributed by atoms with Crippen molar-refractivity contribution in [2.24, 2.45) is 11.5 Å². The van der Waals surface area contributed by atoms with E-state index in [-0.39, 0.29) is 5.91 Å². The number of rotatable bonds is 3. The number of benzene rings is 1. The Hall–Kier alpha value is -2.36. The molecule has 1 aliphatic heterocycles. The Kier molecular flexibility index (Phi) is 5.15. The number of nitriles is 1. The van der Waals surface area contributed by atoms with Crippen molar-refractivity contribution in [3.8, 4) is 6.07 Å². The molecule has 5 N–H and O–H groups in total. The van der Waals surface area contributed by atoms with Gasteiger partial charge in [0, 0.05) is 31.9 Å². The monoisotopic (exact) mass is 299 g/mol. The van der Waals surface area contributed by atoms with Crippen LogP contribution in [-0.4, -0.2) is 37.0 Å². The maximum Gasteiger partial charge on any atom is 0.253 e. The number of nitrogens with zero attached hydrogens (tertiary/aromatic N) is 2. The van der Waals surface area contributed by atoms with Crippen molar-refractivity contribution >= 4 is 5.91 Å². The number of allylic oxidation sites excluding steroid dienone is 1. The molecule has 22 heavy (non-hydrogen) atoms. The lowest BCUT2D eigenvalue weighted by Gasteiger charge is -2.30. The number of piperazine rings is 1. The van der Waals surface area contributed by atoms with Crippen LogP contribution in [0.5, 0.6) is 0 Å². The van der Waals surface area contributed by atoms with Gasteiger partial charge in [0.25, 0.3) is 5.91 Å². The molecule has 6 heteroatoms. The van der Waals surface area contributed by atoms with Crippen molar-refractivity contribution in [3.63, 3.8) is 0 Å². The van der Waals surface area contributed by atoms with E-state index in [9.17, 15) is 4.79 Å². The summed E-state index contributed by atoms with van der Waals surface area (Å²) in [5, 5.41) is 12.1. The predicted molar refractivity (Wildman–Crippen MR) is 84.4 cm³/mol. The van der Waals surface area contributed by atoms with Crippen molar-refractivity contribution < 1.29 is 4.79 Å². The van der Waals surface area contributed by atoms with Crippen LogP contribution in [0.1, 0.15) is 24.1 Å². The average molecular weight is 299 g/mol. The van der Waals surface area contributed by atoms with Gasteiger partial charge in [-0.2, -0.15) is 5.26 Å². The molecule has 1 aliphatic rings. The minimum absolute atomic E-state index is 0.113. The van der Waals surface area contributed by atoms with Gasteiger partial charge in [-0.25, -0.2) is 0 Å². The van der Waals surface area contributed by atoms with Gasteiger partial charge in [0.15, 0.2) is 0 Å². The Balaban J connectivity index is 2.25. The Morgan fingerprint density at radius 1 is 1.32 bits per heavy atom. The molecule has 6 nitrogen and oxygen atoms in total. The molecule has 1 fully saturated rings. The summed E-state index contributed by atoms with van der Waals surface area (Å²) >= 11 is 0. The first-order valence-corrected chi connectivity index (χ1v) is 7.26. The molecule has 0 aromatic heterocycles. The number of hydrogen-bond acceptors (Lipinski definition) is 5. The summed E-state index contributed by atoms with van der Waals surface area (Å²) in [6.07, 6.45) is 0. The number of carbonyl (C=O) groups is 1. The quantitative estimate of drug-likeness (QED) is 0.692. The summed E-state index contributed by atoms with van der Waals surface area (Å²) in [5.74, 6) is -0.113. The molecule has 1 aromatic rings. The SMILES string of the molecule is C/C(N)=C(\C(=O)N1CCNCC1)[C@H](N)c1ccc(C#N)cc1. The molecule has 0 saturated carbocycles. The molecule has 0 aliphatic carbocycles. The molecular formula is C16H21N5O. The minimum Gasteiger partial charge on any atom is -0.402 e. The van der Waals surface area contributed by atoms with Crippen LogP contribution in [0, 0.1) is 11.3 Å². The van der Waals surface area contributed by atoms with E-state index in [1.807, 2.05) is 0 Å². The van der Waals surface area contributed by atoms with Gasteiger partial charge in [-0.15, -0.1) is 0 Å². The van der Waals surface area contributed by atoms with Crippen LogP contribution >= 0.6 is 0 Å². The van der Waals surface area contributed by atoms with Gasteiger partial charge in [-0.1, -0.05) is 12.1 Å². The second kappa shape index (κ2) is 7.07. The zero-order chi connectivity index (χ0) is 16.1. The van der Waals surface area contributed by atoms with E-state index in [1.165, 1.54) is 0 Å². The van der Waals surface area contributed by atoms with E-state index in [0.717, 1.165) is 18.7 Å². The van der Waals surface area contributed by atoms with E-state index in [4.69, 9.17) is 16.7 Å². The normalized spacial score (nSPS) is 17.4. The number of nitrogens with two attached hydrogens (primary N) is 2. The van der Waals surface area contributed by atoms with Crippen molar-refractivity contribution in [2.75, 3.05) is 26.2 Å². The standard InChI is InChI=1S/C16H21N5O/c1-11(18)14(16(22)21-8-6-20-7-9-21)15(19)13-4-2-12(10-17)3-5-13/h2-5,15,20H,6-9,18-19H2,1H3/b14-11+/t15-/m1/s1. The zero-order valence-corrected chi connectivity index (χ0v) is 12.7. The first kappa shape index (κ1) is 16.0. The maximum absolute atomic E-state index is 12.7. The van der Waals surface area contributed by atoms with Gasteiger partial charge in [-0.05, 0) is 24.6 Å². The lowest BCUT2D eigenvalue weighted by Crippen LogP contribution is -2.48. The van der Waals surface area contributed by atoms with Crippen molar-refractivity contribution in [1.29, 1.82) is 5.26 Å². The highest BCUT2D eigenvalue weighted by Crippen LogP contribution is 2.23. The van der Waals surface area contributed by atoms with Crippen LogP contribution in [0.2, 0.25) is 0 Å². The van der Waals surface area contributed by atoms with Crippen molar-refractivity contribution in [3.05, 3.63) is 46.7 Å². The molecule has 0 spiro atoms. The second-order valence-electron chi connectivity index (χ2n) is 5.35. The van der Waals surface area contributed by atoms with E-state index in [0.29, 0.717) is 29.9 Å². The molecule has 1 aromatic carbocycles. The number of hydrogen-bond donors (Lipinski definition) is 3. The van der Waals surface area contributed by atoms with Gasteiger partial charge in [0.2, 0.25) is 0 Å². The molecule has 0 bridgehead atoms. The molecule has 0 radical (unpaired) electrons. The Bertz CT molecular complexity index is 604. The molecule has 1 atom stereocenters. The molecule has 0 unspecified atom stereocenters. The molecule has 2 rings (SSSR count). The molecule has 116 valence electrons. The summed E-state index contributed by atoms with van der Waals surface area (Å²) in [7, 11) is 0. The van der Waals surface area contributed by atoms with E-state index in [1.54, 1.807) is 36.1 Å². The topological polar surface area (TPSA) is 108 Å². The van der Waals surface area contributed by atoms with Crippen LogP contribution in [-0.2, 0) is 4.79 Å². The van der Waals surface area contributed by atoms with Gasteiger partial charge in [0.05, 0.1) is 23.2 Å². The second-order valence-corrected chi connectivity index (χ2v) is 5.35.